The zero-order valence-electron chi connectivity index (χ0n) is 17.5. The maximum atomic E-state index is 12.5. The summed E-state index contributed by atoms with van der Waals surface area (Å²) in [6, 6.07) is 21.1. The van der Waals surface area contributed by atoms with Crippen LogP contribution in [-0.4, -0.2) is 49.5 Å². The van der Waals surface area contributed by atoms with Crippen molar-refractivity contribution in [1.29, 1.82) is 0 Å². The van der Waals surface area contributed by atoms with Crippen molar-refractivity contribution in [3.05, 3.63) is 60.7 Å². The minimum absolute atomic E-state index is 0.107. The Morgan fingerprint density at radius 3 is 2.10 bits per heavy atom. The summed E-state index contributed by atoms with van der Waals surface area (Å²) < 4.78 is 6.98. The van der Waals surface area contributed by atoms with Gasteiger partial charge in [0.15, 0.2) is 0 Å². The molecule has 2 aliphatic rings. The van der Waals surface area contributed by atoms with E-state index < -0.39 is 14.4 Å². The number of nitrogens with zero attached hydrogens (tertiary/aromatic N) is 1. The van der Waals surface area contributed by atoms with Crippen molar-refractivity contribution in [2.24, 2.45) is 5.92 Å². The maximum absolute atomic E-state index is 12.5. The summed E-state index contributed by atoms with van der Waals surface area (Å²) in [7, 11) is -2.65. The fourth-order valence-electron chi connectivity index (χ4n) is 5.26. The minimum atomic E-state index is -2.65. The second-order valence-corrected chi connectivity index (χ2v) is 13.6. The van der Waals surface area contributed by atoms with Crippen molar-refractivity contribution >= 4 is 24.6 Å². The molecule has 2 heterocycles. The lowest BCUT2D eigenvalue weighted by atomic mass is 9.97. The largest absolute Gasteiger partial charge is 0.407 e. The fraction of sp³-hybridized carbons (Fsp3) is 0.458. The summed E-state index contributed by atoms with van der Waals surface area (Å²) >= 11 is 0. The predicted octanol–water partition coefficient (Wildman–Crippen LogP) is 2.54. The molecular weight excluding hydrogens is 378 g/mol. The van der Waals surface area contributed by atoms with E-state index in [4.69, 9.17) is 4.43 Å². The predicted molar refractivity (Wildman–Crippen MR) is 118 cm³/mol. The fourth-order valence-corrected chi connectivity index (χ4v) is 9.86. The van der Waals surface area contributed by atoms with Gasteiger partial charge >= 0.3 is 0 Å². The Bertz CT molecular complexity index is 810. The maximum Gasteiger partial charge on any atom is 0.261 e. The first-order valence-electron chi connectivity index (χ1n) is 10.6. The Morgan fingerprint density at radius 2 is 1.59 bits per heavy atom. The third-order valence-electron chi connectivity index (χ3n) is 6.64. The van der Waals surface area contributed by atoms with Crippen LogP contribution in [0, 0.1) is 5.92 Å². The Morgan fingerprint density at radius 1 is 1.03 bits per heavy atom. The van der Waals surface area contributed by atoms with Gasteiger partial charge in [0.1, 0.15) is 6.10 Å². The number of carbonyl (C=O) groups is 1. The molecule has 2 saturated heterocycles. The summed E-state index contributed by atoms with van der Waals surface area (Å²) in [5.74, 6) is -0.282. The molecule has 0 bridgehead atoms. The van der Waals surface area contributed by atoms with Gasteiger partial charge in [0, 0.05) is 25.1 Å². The number of carbonyl (C=O) groups excluding carboxylic acids is 1. The summed E-state index contributed by atoms with van der Waals surface area (Å²) in [5.41, 5.74) is 0. The Balaban J connectivity index is 1.74. The molecule has 0 radical (unpaired) electrons. The van der Waals surface area contributed by atoms with Crippen LogP contribution in [0.2, 0.25) is 5.04 Å². The Hall–Kier alpha value is -1.95. The first kappa shape index (κ1) is 20.3. The van der Waals surface area contributed by atoms with Crippen LogP contribution < -0.4 is 10.4 Å². The highest BCUT2D eigenvalue weighted by molar-refractivity contribution is 6.99. The van der Waals surface area contributed by atoms with Crippen molar-refractivity contribution in [2.75, 3.05) is 13.2 Å². The molecule has 154 valence electrons. The van der Waals surface area contributed by atoms with E-state index >= 15 is 0 Å². The quantitative estimate of drug-likeness (QED) is 0.772. The van der Waals surface area contributed by atoms with Crippen LogP contribution in [0.25, 0.3) is 0 Å². The van der Waals surface area contributed by atoms with Gasteiger partial charge < -0.3 is 14.4 Å². The standard InChI is InChI=1S/C24H31NO3Si/c1-24(2,3)29(18-11-6-4-7-12-18,19-13-8-5-9-14-19)28-17-20-21-15-10-16-25(21)23(27)22(20)26/h4-9,11-14,20-22,26H,10,15-17H2,1-3H3/t20-,21-,22+/m1/s1. The number of hydrogen-bond acceptors (Lipinski definition) is 3. The van der Waals surface area contributed by atoms with E-state index in [1.54, 1.807) is 0 Å². The molecule has 4 nitrogen and oxygen atoms in total. The number of rotatable bonds is 5. The van der Waals surface area contributed by atoms with E-state index in [0.29, 0.717) is 6.61 Å². The van der Waals surface area contributed by atoms with Gasteiger partial charge in [0.25, 0.3) is 14.2 Å². The zero-order chi connectivity index (χ0) is 20.6. The van der Waals surface area contributed by atoms with Crippen LogP contribution in [0.15, 0.2) is 60.7 Å². The van der Waals surface area contributed by atoms with E-state index in [0.717, 1.165) is 19.4 Å². The van der Waals surface area contributed by atoms with Gasteiger partial charge in [-0.3, -0.25) is 4.79 Å². The highest BCUT2D eigenvalue weighted by Crippen LogP contribution is 2.39. The van der Waals surface area contributed by atoms with Gasteiger partial charge in [-0.05, 0) is 28.3 Å². The van der Waals surface area contributed by atoms with Crippen molar-refractivity contribution < 1.29 is 14.3 Å². The van der Waals surface area contributed by atoms with Crippen molar-refractivity contribution in [1.82, 2.24) is 4.90 Å². The number of aliphatic hydroxyl groups is 1. The number of hydrogen-bond donors (Lipinski definition) is 1. The summed E-state index contributed by atoms with van der Waals surface area (Å²) in [6.07, 6.45) is 1.02. The molecule has 0 unspecified atom stereocenters. The highest BCUT2D eigenvalue weighted by Gasteiger charge is 2.54. The normalized spacial score (nSPS) is 24.8. The molecule has 0 aliphatic carbocycles. The number of aliphatic hydroxyl groups excluding tert-OH is 1. The third kappa shape index (κ3) is 3.35. The molecule has 0 saturated carbocycles. The molecule has 3 atom stereocenters. The van der Waals surface area contributed by atoms with E-state index in [-0.39, 0.29) is 22.9 Å². The number of fused-ring (bicyclic) bond motifs is 1. The lowest BCUT2D eigenvalue weighted by Gasteiger charge is -2.44. The zero-order valence-corrected chi connectivity index (χ0v) is 18.5. The van der Waals surface area contributed by atoms with Gasteiger partial charge in [-0.1, -0.05) is 81.4 Å². The van der Waals surface area contributed by atoms with Crippen LogP contribution in [0.1, 0.15) is 33.6 Å². The van der Waals surface area contributed by atoms with Gasteiger partial charge in [0.2, 0.25) is 0 Å². The number of amides is 1. The van der Waals surface area contributed by atoms with Crippen LogP contribution in [-0.2, 0) is 9.22 Å². The second kappa shape index (κ2) is 7.71. The molecule has 2 aromatic rings. The minimum Gasteiger partial charge on any atom is -0.407 e. The van der Waals surface area contributed by atoms with Crippen LogP contribution in [0.3, 0.4) is 0 Å². The lowest BCUT2D eigenvalue weighted by Crippen LogP contribution is -2.67. The summed E-state index contributed by atoms with van der Waals surface area (Å²) in [4.78, 5) is 14.4. The van der Waals surface area contributed by atoms with Crippen molar-refractivity contribution in [3.63, 3.8) is 0 Å². The molecule has 4 rings (SSSR count). The highest BCUT2D eigenvalue weighted by atomic mass is 28.4. The topological polar surface area (TPSA) is 49.8 Å². The van der Waals surface area contributed by atoms with Gasteiger partial charge in [-0.15, -0.1) is 0 Å². The lowest BCUT2D eigenvalue weighted by molar-refractivity contribution is -0.135. The molecule has 0 aromatic heterocycles. The molecular formula is C24H31NO3Si. The van der Waals surface area contributed by atoms with Crippen LogP contribution >= 0.6 is 0 Å². The first-order valence-corrected chi connectivity index (χ1v) is 12.5. The SMILES string of the molecule is CC(C)(C)[Si](OC[C@H]1[C@H](O)C(=O)N2CCC[C@H]12)(c1ccccc1)c1ccccc1. The molecule has 2 aliphatic heterocycles. The molecule has 2 fully saturated rings. The average Bonchev–Trinajstić information content (AvgIpc) is 3.27. The molecule has 1 amide bonds. The van der Waals surface area contributed by atoms with Gasteiger partial charge in [-0.2, -0.15) is 0 Å². The van der Waals surface area contributed by atoms with Crippen molar-refractivity contribution in [3.8, 4) is 0 Å². The second-order valence-electron chi connectivity index (χ2n) is 9.32. The van der Waals surface area contributed by atoms with E-state index in [2.05, 4.69) is 69.3 Å². The number of benzene rings is 2. The summed E-state index contributed by atoms with van der Waals surface area (Å²) in [6.45, 7) is 7.91. The van der Waals surface area contributed by atoms with Gasteiger partial charge in [-0.25, -0.2) is 0 Å². The van der Waals surface area contributed by atoms with Crippen LogP contribution in [0.4, 0.5) is 0 Å². The van der Waals surface area contributed by atoms with Crippen LogP contribution in [0.5, 0.6) is 0 Å². The molecule has 2 aromatic carbocycles. The van der Waals surface area contributed by atoms with Gasteiger partial charge in [0.05, 0.1) is 0 Å². The molecule has 5 heteroatoms. The first-order chi connectivity index (χ1) is 13.9. The Labute approximate surface area is 174 Å². The molecule has 1 N–H and O–H groups in total. The van der Waals surface area contributed by atoms with E-state index in [9.17, 15) is 9.90 Å². The average molecular weight is 410 g/mol. The van der Waals surface area contributed by atoms with E-state index in [1.807, 2.05) is 17.0 Å². The molecule has 29 heavy (non-hydrogen) atoms. The molecule has 0 spiro atoms. The monoisotopic (exact) mass is 409 g/mol. The smallest absolute Gasteiger partial charge is 0.261 e. The van der Waals surface area contributed by atoms with Crippen molar-refractivity contribution in [2.45, 2.75) is 50.8 Å². The third-order valence-corrected chi connectivity index (χ3v) is 11.6. The van der Waals surface area contributed by atoms with E-state index in [1.165, 1.54) is 10.4 Å². The Kier molecular flexibility index (Phi) is 5.40. The summed E-state index contributed by atoms with van der Waals surface area (Å²) in [5, 5.41) is 13.0.